The van der Waals surface area contributed by atoms with Crippen molar-refractivity contribution in [3.63, 3.8) is 0 Å². The number of carbonyl (C=O) groups excluding carboxylic acids is 1. The first-order valence-electron chi connectivity index (χ1n) is 6.39. The van der Waals surface area contributed by atoms with Gasteiger partial charge in [0.05, 0.1) is 18.8 Å². The SMILES string of the molecule is Cc1[nH]ncc1CNC(=O)N[C@H](CO)c1ccccc1. The Labute approximate surface area is 117 Å². The van der Waals surface area contributed by atoms with Crippen molar-refractivity contribution >= 4 is 6.03 Å². The van der Waals surface area contributed by atoms with Crippen molar-refractivity contribution in [1.82, 2.24) is 20.8 Å². The normalized spacial score (nSPS) is 11.9. The maximum Gasteiger partial charge on any atom is 0.315 e. The van der Waals surface area contributed by atoms with Gasteiger partial charge in [-0.3, -0.25) is 5.10 Å². The number of aromatic nitrogens is 2. The number of benzene rings is 1. The second-order valence-corrected chi connectivity index (χ2v) is 4.49. The summed E-state index contributed by atoms with van der Waals surface area (Å²) in [5.74, 6) is 0. The predicted molar refractivity (Wildman–Crippen MR) is 75.0 cm³/mol. The van der Waals surface area contributed by atoms with Crippen LogP contribution in [0.25, 0.3) is 0 Å². The van der Waals surface area contributed by atoms with E-state index in [0.717, 1.165) is 16.8 Å². The number of hydrogen-bond acceptors (Lipinski definition) is 3. The summed E-state index contributed by atoms with van der Waals surface area (Å²) >= 11 is 0. The van der Waals surface area contributed by atoms with E-state index in [1.165, 1.54) is 0 Å². The van der Waals surface area contributed by atoms with Crippen molar-refractivity contribution in [2.24, 2.45) is 0 Å². The first kappa shape index (κ1) is 14.1. The number of carbonyl (C=O) groups is 1. The number of nitrogens with one attached hydrogen (secondary N) is 3. The molecule has 2 amide bonds. The quantitative estimate of drug-likeness (QED) is 0.661. The van der Waals surface area contributed by atoms with Crippen molar-refractivity contribution in [2.75, 3.05) is 6.61 Å². The third-order valence-electron chi connectivity index (χ3n) is 3.06. The maximum absolute atomic E-state index is 11.8. The molecule has 0 radical (unpaired) electrons. The fourth-order valence-electron chi connectivity index (χ4n) is 1.86. The van der Waals surface area contributed by atoms with E-state index in [9.17, 15) is 9.90 Å². The van der Waals surface area contributed by atoms with E-state index in [4.69, 9.17) is 0 Å². The van der Waals surface area contributed by atoms with Crippen LogP contribution in [-0.4, -0.2) is 27.9 Å². The molecule has 1 aromatic heterocycles. The summed E-state index contributed by atoms with van der Waals surface area (Å²) in [6.45, 7) is 2.13. The molecule has 20 heavy (non-hydrogen) atoms. The van der Waals surface area contributed by atoms with Crippen LogP contribution in [0.3, 0.4) is 0 Å². The molecular weight excluding hydrogens is 256 g/mol. The van der Waals surface area contributed by atoms with E-state index in [-0.39, 0.29) is 12.6 Å². The molecule has 0 fully saturated rings. The van der Waals surface area contributed by atoms with Gasteiger partial charge >= 0.3 is 6.03 Å². The Balaban J connectivity index is 1.88. The first-order chi connectivity index (χ1) is 9.70. The maximum atomic E-state index is 11.8. The number of rotatable bonds is 5. The van der Waals surface area contributed by atoms with Gasteiger partial charge in [0.15, 0.2) is 0 Å². The Morgan fingerprint density at radius 3 is 2.75 bits per heavy atom. The molecule has 0 spiro atoms. The number of nitrogens with zero attached hydrogens (tertiary/aromatic N) is 1. The van der Waals surface area contributed by atoms with Gasteiger partial charge in [-0.2, -0.15) is 5.10 Å². The highest BCUT2D eigenvalue weighted by atomic mass is 16.3. The number of H-pyrrole nitrogens is 1. The predicted octanol–water partition coefficient (Wildman–Crippen LogP) is 1.25. The van der Waals surface area contributed by atoms with Crippen molar-refractivity contribution in [2.45, 2.75) is 19.5 Å². The smallest absolute Gasteiger partial charge is 0.315 e. The van der Waals surface area contributed by atoms with Crippen LogP contribution < -0.4 is 10.6 Å². The van der Waals surface area contributed by atoms with Gasteiger partial charge in [-0.15, -0.1) is 0 Å². The van der Waals surface area contributed by atoms with Gasteiger partial charge in [0.2, 0.25) is 0 Å². The zero-order chi connectivity index (χ0) is 14.4. The molecule has 0 aliphatic rings. The molecule has 4 N–H and O–H groups in total. The van der Waals surface area contributed by atoms with Crippen molar-refractivity contribution in [1.29, 1.82) is 0 Å². The highest BCUT2D eigenvalue weighted by Crippen LogP contribution is 2.11. The number of amides is 2. The number of aliphatic hydroxyl groups is 1. The molecule has 106 valence electrons. The van der Waals surface area contributed by atoms with Crippen LogP contribution in [0.4, 0.5) is 4.79 Å². The van der Waals surface area contributed by atoms with E-state index in [2.05, 4.69) is 20.8 Å². The third kappa shape index (κ3) is 3.58. The highest BCUT2D eigenvalue weighted by Gasteiger charge is 2.13. The summed E-state index contributed by atoms with van der Waals surface area (Å²) < 4.78 is 0. The summed E-state index contributed by atoms with van der Waals surface area (Å²) in [5, 5.41) is 21.5. The van der Waals surface area contributed by atoms with Crippen molar-refractivity contribution < 1.29 is 9.90 Å². The van der Waals surface area contributed by atoms with Crippen LogP contribution in [0, 0.1) is 6.92 Å². The number of aryl methyl sites for hydroxylation is 1. The largest absolute Gasteiger partial charge is 0.394 e. The number of aliphatic hydroxyl groups excluding tert-OH is 1. The van der Waals surface area contributed by atoms with Crippen LogP contribution in [-0.2, 0) is 6.54 Å². The zero-order valence-corrected chi connectivity index (χ0v) is 11.3. The molecule has 0 saturated heterocycles. The third-order valence-corrected chi connectivity index (χ3v) is 3.06. The van der Waals surface area contributed by atoms with E-state index in [1.54, 1.807) is 6.20 Å². The van der Waals surface area contributed by atoms with Gasteiger partial charge in [-0.25, -0.2) is 4.79 Å². The fraction of sp³-hybridized carbons (Fsp3) is 0.286. The van der Waals surface area contributed by atoms with E-state index >= 15 is 0 Å². The molecule has 1 heterocycles. The molecule has 2 aromatic rings. The molecule has 1 aromatic carbocycles. The first-order valence-corrected chi connectivity index (χ1v) is 6.39. The van der Waals surface area contributed by atoms with Gasteiger partial charge in [0.25, 0.3) is 0 Å². The Morgan fingerprint density at radius 2 is 2.15 bits per heavy atom. The average Bonchev–Trinajstić information content (AvgIpc) is 2.89. The second kappa shape index (κ2) is 6.72. The standard InChI is InChI=1S/C14H18N4O2/c1-10-12(8-16-18-10)7-15-14(20)17-13(9-19)11-5-3-2-4-6-11/h2-6,8,13,19H,7,9H2,1H3,(H,16,18)(H2,15,17,20)/t13-/m1/s1. The molecule has 0 unspecified atom stereocenters. The minimum Gasteiger partial charge on any atom is -0.394 e. The van der Waals surface area contributed by atoms with Crippen LogP contribution in [0.2, 0.25) is 0 Å². The lowest BCUT2D eigenvalue weighted by atomic mass is 10.1. The van der Waals surface area contributed by atoms with Crippen LogP contribution in [0.15, 0.2) is 36.5 Å². The van der Waals surface area contributed by atoms with Crippen molar-refractivity contribution in [3.05, 3.63) is 53.3 Å². The molecule has 0 aliphatic heterocycles. The summed E-state index contributed by atoms with van der Waals surface area (Å²) in [7, 11) is 0. The minimum absolute atomic E-state index is 0.151. The number of hydrogen-bond donors (Lipinski definition) is 4. The van der Waals surface area contributed by atoms with Crippen LogP contribution >= 0.6 is 0 Å². The lowest BCUT2D eigenvalue weighted by molar-refractivity contribution is 0.216. The number of urea groups is 1. The monoisotopic (exact) mass is 274 g/mol. The van der Waals surface area contributed by atoms with E-state index in [1.807, 2.05) is 37.3 Å². The Morgan fingerprint density at radius 1 is 1.40 bits per heavy atom. The van der Waals surface area contributed by atoms with E-state index in [0.29, 0.717) is 6.54 Å². The molecule has 0 bridgehead atoms. The molecular formula is C14H18N4O2. The Hall–Kier alpha value is -2.34. The Kier molecular flexibility index (Phi) is 4.73. The molecule has 6 nitrogen and oxygen atoms in total. The second-order valence-electron chi connectivity index (χ2n) is 4.49. The molecule has 2 rings (SSSR count). The topological polar surface area (TPSA) is 90.0 Å². The summed E-state index contributed by atoms with van der Waals surface area (Å²) in [4.78, 5) is 11.8. The van der Waals surface area contributed by atoms with Gasteiger partial charge in [0.1, 0.15) is 0 Å². The zero-order valence-electron chi connectivity index (χ0n) is 11.3. The highest BCUT2D eigenvalue weighted by molar-refractivity contribution is 5.74. The van der Waals surface area contributed by atoms with Gasteiger partial charge in [0, 0.05) is 17.8 Å². The van der Waals surface area contributed by atoms with Gasteiger partial charge in [-0.1, -0.05) is 30.3 Å². The molecule has 6 heteroatoms. The lowest BCUT2D eigenvalue weighted by Gasteiger charge is -2.17. The Bertz CT molecular complexity index is 553. The molecule has 1 atom stereocenters. The van der Waals surface area contributed by atoms with Gasteiger partial charge in [-0.05, 0) is 12.5 Å². The van der Waals surface area contributed by atoms with Crippen molar-refractivity contribution in [3.8, 4) is 0 Å². The molecule has 0 saturated carbocycles. The summed E-state index contributed by atoms with van der Waals surface area (Å²) in [5.41, 5.74) is 2.72. The molecule has 0 aliphatic carbocycles. The van der Waals surface area contributed by atoms with Crippen LogP contribution in [0.1, 0.15) is 22.9 Å². The fourth-order valence-corrected chi connectivity index (χ4v) is 1.86. The number of aromatic amines is 1. The van der Waals surface area contributed by atoms with Crippen LogP contribution in [0.5, 0.6) is 0 Å². The lowest BCUT2D eigenvalue weighted by Crippen LogP contribution is -2.38. The summed E-state index contributed by atoms with van der Waals surface area (Å²) in [6.07, 6.45) is 1.68. The van der Waals surface area contributed by atoms with E-state index < -0.39 is 6.04 Å². The minimum atomic E-state index is -0.415. The average molecular weight is 274 g/mol. The van der Waals surface area contributed by atoms with Gasteiger partial charge < -0.3 is 15.7 Å². The summed E-state index contributed by atoms with van der Waals surface area (Å²) in [6, 6.07) is 8.61.